The van der Waals surface area contributed by atoms with Crippen molar-refractivity contribution in [3.05, 3.63) is 51.4 Å². The lowest BCUT2D eigenvalue weighted by Gasteiger charge is -2.34. The molecule has 3 heterocycles. The molecule has 0 atom stereocenters. The summed E-state index contributed by atoms with van der Waals surface area (Å²) in [6, 6.07) is 5.71. The average molecular weight is 526 g/mol. The molecule has 11 nitrogen and oxygen atoms in total. The number of rotatable bonds is 8. The second-order valence-electron chi connectivity index (χ2n) is 9.00. The van der Waals surface area contributed by atoms with Crippen LogP contribution in [0.1, 0.15) is 42.4 Å². The maximum Gasteiger partial charge on any atom is 0.278 e. The number of nitrogens with one attached hydrogen (secondary N) is 1. The Morgan fingerprint density at radius 2 is 2.05 bits per heavy atom. The molecule has 12 heteroatoms. The van der Waals surface area contributed by atoms with Crippen LogP contribution in [0.2, 0.25) is 0 Å². The third-order valence-electron chi connectivity index (χ3n) is 5.76. The Morgan fingerprint density at radius 3 is 2.65 bits per heavy atom. The fourth-order valence-electron chi connectivity index (χ4n) is 4.18. The number of amides is 2. The number of nitrogens with zero attached hydrogens (tertiary/aromatic N) is 3. The number of fused-ring (bicyclic) bond motifs is 3. The molecular formula is C25H31N7O4S. The van der Waals surface area contributed by atoms with Gasteiger partial charge < -0.3 is 14.8 Å². The molecule has 0 saturated heterocycles. The minimum Gasteiger partial charge on any atom is -0.496 e. The van der Waals surface area contributed by atoms with Crippen molar-refractivity contribution in [3.8, 4) is 28.4 Å². The van der Waals surface area contributed by atoms with E-state index in [1.165, 1.54) is 18.3 Å². The van der Waals surface area contributed by atoms with Gasteiger partial charge in [-0.05, 0) is 31.4 Å². The highest BCUT2D eigenvalue weighted by molar-refractivity contribution is 7.08. The molecule has 0 unspecified atom stereocenters. The molecule has 4 rings (SSSR count). The summed E-state index contributed by atoms with van der Waals surface area (Å²) in [4.78, 5) is 26.2. The number of hydrogen-bond acceptors (Lipinski definition) is 9. The highest BCUT2D eigenvalue weighted by Crippen LogP contribution is 2.44. The van der Waals surface area contributed by atoms with Gasteiger partial charge in [-0.1, -0.05) is 11.6 Å². The first-order chi connectivity index (χ1) is 17.5. The third kappa shape index (κ3) is 5.37. The third-order valence-corrected chi connectivity index (χ3v) is 6.43. The standard InChI is InChI=1S/C25H31N7O4S/c1-14(2)9-16-10-18-21(11-20(16)35-4)36-12-19-22(30-32(23(18)19)17-5-8-37-13-17)24(34)31(25(26,27)28)7-6-29-15(3)33/h5,8-11,13H,6-7,12,26-28H2,1-4H3,(H,29,33). The Bertz CT molecular complexity index is 1350. The summed E-state index contributed by atoms with van der Waals surface area (Å²) in [6.45, 7) is 5.57. The summed E-state index contributed by atoms with van der Waals surface area (Å²) in [5, 5.41) is 11.2. The fourth-order valence-corrected chi connectivity index (χ4v) is 4.79. The van der Waals surface area contributed by atoms with Crippen LogP contribution >= 0.6 is 11.3 Å². The van der Waals surface area contributed by atoms with E-state index in [-0.39, 0.29) is 31.3 Å². The van der Waals surface area contributed by atoms with Crippen LogP contribution in [0, 0.1) is 0 Å². The number of hydrogen-bond donors (Lipinski definition) is 4. The minimum absolute atomic E-state index is 0.0125. The smallest absolute Gasteiger partial charge is 0.278 e. The SMILES string of the molecule is COc1cc2c(cc1C=C(C)C)-c1c(c(C(=O)N(CCNC(C)=O)C(N)(N)N)nn1-c1ccsc1)CO2. The van der Waals surface area contributed by atoms with Gasteiger partial charge >= 0.3 is 0 Å². The fraction of sp³-hybridized carbons (Fsp3) is 0.320. The highest BCUT2D eigenvalue weighted by atomic mass is 32.1. The summed E-state index contributed by atoms with van der Waals surface area (Å²) < 4.78 is 13.4. The van der Waals surface area contributed by atoms with E-state index in [0.717, 1.165) is 27.3 Å². The van der Waals surface area contributed by atoms with Crippen molar-refractivity contribution in [1.82, 2.24) is 20.0 Å². The molecule has 3 aromatic rings. The normalized spacial score (nSPS) is 12.2. The molecule has 7 N–H and O–H groups in total. The van der Waals surface area contributed by atoms with Gasteiger partial charge in [-0.15, -0.1) is 0 Å². The van der Waals surface area contributed by atoms with Crippen molar-refractivity contribution in [2.24, 2.45) is 17.2 Å². The van der Waals surface area contributed by atoms with Crippen molar-refractivity contribution >= 4 is 29.2 Å². The molecule has 2 amide bonds. The number of methoxy groups -OCH3 is 1. The van der Waals surface area contributed by atoms with Crippen LogP contribution in [0.5, 0.6) is 11.5 Å². The second-order valence-corrected chi connectivity index (χ2v) is 9.78. The van der Waals surface area contributed by atoms with Gasteiger partial charge in [0.2, 0.25) is 5.91 Å². The molecule has 0 radical (unpaired) electrons. The first-order valence-electron chi connectivity index (χ1n) is 11.6. The molecule has 1 aromatic carbocycles. The van der Waals surface area contributed by atoms with Crippen LogP contribution in [-0.2, 0) is 11.4 Å². The molecule has 37 heavy (non-hydrogen) atoms. The average Bonchev–Trinajstić information content (AvgIpc) is 3.47. The Hall–Kier alpha value is -3.71. The summed E-state index contributed by atoms with van der Waals surface area (Å²) in [5.74, 6) is -1.53. The molecule has 0 bridgehead atoms. The maximum absolute atomic E-state index is 13.8. The molecule has 0 fully saturated rings. The van der Waals surface area contributed by atoms with Crippen molar-refractivity contribution in [1.29, 1.82) is 0 Å². The van der Waals surface area contributed by atoms with E-state index in [2.05, 4.69) is 5.32 Å². The topological polar surface area (TPSA) is 164 Å². The Balaban J connectivity index is 1.88. The van der Waals surface area contributed by atoms with Crippen LogP contribution in [0.4, 0.5) is 0 Å². The zero-order chi connectivity index (χ0) is 26.9. The van der Waals surface area contributed by atoms with E-state index in [9.17, 15) is 9.59 Å². The number of allylic oxidation sites excluding steroid dienone is 1. The molecule has 196 valence electrons. The Labute approximate surface area is 218 Å². The Kier molecular flexibility index (Phi) is 7.37. The molecule has 1 aliphatic heterocycles. The van der Waals surface area contributed by atoms with Crippen molar-refractivity contribution in [3.63, 3.8) is 0 Å². The monoisotopic (exact) mass is 525 g/mol. The van der Waals surface area contributed by atoms with Gasteiger partial charge in [0, 0.05) is 48.2 Å². The quantitative estimate of drug-likeness (QED) is 0.324. The number of carbonyl (C=O) groups excluding carboxylic acids is 2. The molecule has 0 spiro atoms. The van der Waals surface area contributed by atoms with Gasteiger partial charge in [0.25, 0.3) is 5.91 Å². The van der Waals surface area contributed by atoms with Crippen molar-refractivity contribution < 1.29 is 19.1 Å². The van der Waals surface area contributed by atoms with Gasteiger partial charge in [0.05, 0.1) is 18.5 Å². The molecule has 0 aliphatic carbocycles. The maximum atomic E-state index is 13.8. The van der Waals surface area contributed by atoms with E-state index < -0.39 is 11.8 Å². The molecule has 0 saturated carbocycles. The van der Waals surface area contributed by atoms with Gasteiger partial charge in [-0.25, -0.2) is 4.68 Å². The molecular weight excluding hydrogens is 494 g/mol. The van der Waals surface area contributed by atoms with E-state index in [0.29, 0.717) is 22.8 Å². The van der Waals surface area contributed by atoms with Crippen LogP contribution in [0.25, 0.3) is 23.0 Å². The number of aromatic nitrogens is 2. The van der Waals surface area contributed by atoms with Crippen LogP contribution in [0.3, 0.4) is 0 Å². The predicted octanol–water partition coefficient (Wildman–Crippen LogP) is 1.99. The van der Waals surface area contributed by atoms with Crippen LogP contribution in [0.15, 0.2) is 34.5 Å². The van der Waals surface area contributed by atoms with Gasteiger partial charge in [0.1, 0.15) is 18.1 Å². The number of carbonyl (C=O) groups is 2. The summed E-state index contributed by atoms with van der Waals surface area (Å²) in [5.41, 5.74) is 22.8. The largest absolute Gasteiger partial charge is 0.496 e. The second kappa shape index (κ2) is 10.3. The van der Waals surface area contributed by atoms with E-state index in [1.54, 1.807) is 11.8 Å². The summed E-state index contributed by atoms with van der Waals surface area (Å²) in [7, 11) is 1.61. The number of ether oxygens (including phenoxy) is 2. The summed E-state index contributed by atoms with van der Waals surface area (Å²) in [6.07, 6.45) is 2.01. The highest BCUT2D eigenvalue weighted by Gasteiger charge is 2.36. The number of thiophene rings is 1. The van der Waals surface area contributed by atoms with Crippen LogP contribution in [-0.4, -0.2) is 52.6 Å². The lowest BCUT2D eigenvalue weighted by Crippen LogP contribution is -2.72. The zero-order valence-electron chi connectivity index (χ0n) is 21.2. The zero-order valence-corrected chi connectivity index (χ0v) is 22.0. The van der Waals surface area contributed by atoms with Crippen LogP contribution < -0.4 is 32.0 Å². The van der Waals surface area contributed by atoms with Gasteiger partial charge in [-0.3, -0.25) is 31.7 Å². The lowest BCUT2D eigenvalue weighted by atomic mass is 9.98. The first kappa shape index (κ1) is 26.4. The Morgan fingerprint density at radius 1 is 1.30 bits per heavy atom. The van der Waals surface area contributed by atoms with E-state index >= 15 is 0 Å². The summed E-state index contributed by atoms with van der Waals surface area (Å²) >= 11 is 1.51. The van der Waals surface area contributed by atoms with Crippen molar-refractivity contribution in [2.75, 3.05) is 20.2 Å². The first-order valence-corrected chi connectivity index (χ1v) is 12.5. The van der Waals surface area contributed by atoms with E-state index in [4.69, 9.17) is 31.8 Å². The van der Waals surface area contributed by atoms with E-state index in [1.807, 2.05) is 48.9 Å². The lowest BCUT2D eigenvalue weighted by molar-refractivity contribution is -0.119. The van der Waals surface area contributed by atoms with Gasteiger partial charge in [0.15, 0.2) is 11.6 Å². The molecule has 2 aromatic heterocycles. The van der Waals surface area contributed by atoms with Crippen molar-refractivity contribution in [2.45, 2.75) is 33.3 Å². The minimum atomic E-state index is -1.98. The predicted molar refractivity (Wildman–Crippen MR) is 142 cm³/mol. The van der Waals surface area contributed by atoms with Gasteiger partial charge in [-0.2, -0.15) is 16.4 Å². The number of nitrogens with two attached hydrogens (primary N) is 3. The molecule has 1 aliphatic rings. The number of benzene rings is 1.